The molecular weight excluding hydrogens is 246 g/mol. The Labute approximate surface area is 113 Å². The molecule has 1 amide bonds. The van der Waals surface area contributed by atoms with Gasteiger partial charge in [0.15, 0.2) is 0 Å². The highest BCUT2D eigenvalue weighted by atomic mass is 16.6. The van der Waals surface area contributed by atoms with Crippen LogP contribution in [0.4, 0.5) is 4.79 Å². The number of ether oxygens (including phenoxy) is 2. The van der Waals surface area contributed by atoms with Crippen molar-refractivity contribution in [3.05, 3.63) is 24.3 Å². The molecule has 0 bridgehead atoms. The molecule has 2 N–H and O–H groups in total. The lowest BCUT2D eigenvalue weighted by atomic mass is 10.2. The van der Waals surface area contributed by atoms with E-state index in [0.29, 0.717) is 12.3 Å². The second-order valence-electron chi connectivity index (χ2n) is 5.31. The lowest BCUT2D eigenvalue weighted by Crippen LogP contribution is -2.37. The van der Waals surface area contributed by atoms with Gasteiger partial charge in [-0.25, -0.2) is 4.79 Å². The Balaban J connectivity index is 2.36. The Bertz CT molecular complexity index is 426. The Morgan fingerprint density at radius 2 is 2.11 bits per heavy atom. The van der Waals surface area contributed by atoms with Crippen LogP contribution in [0.15, 0.2) is 24.3 Å². The molecule has 1 atom stereocenters. The maximum absolute atomic E-state index is 11.4. The molecule has 0 unspecified atom stereocenters. The number of nitrogens with one attached hydrogen (secondary N) is 1. The summed E-state index contributed by atoms with van der Waals surface area (Å²) in [6, 6.07) is 6.52. The summed E-state index contributed by atoms with van der Waals surface area (Å²) >= 11 is 0. The molecule has 0 aliphatic heterocycles. The van der Waals surface area contributed by atoms with Crippen LogP contribution in [0.2, 0.25) is 0 Å². The second-order valence-corrected chi connectivity index (χ2v) is 5.31. The van der Waals surface area contributed by atoms with E-state index in [1.54, 1.807) is 39.0 Å². The number of carbonyl (C=O) groups is 1. The zero-order valence-corrected chi connectivity index (χ0v) is 11.8. The summed E-state index contributed by atoms with van der Waals surface area (Å²) in [6.07, 6.45) is -0.701. The number of phenols is 1. The topological polar surface area (TPSA) is 67.8 Å². The second kappa shape index (κ2) is 6.31. The van der Waals surface area contributed by atoms with Crippen molar-refractivity contribution in [3.8, 4) is 11.5 Å². The van der Waals surface area contributed by atoms with Gasteiger partial charge < -0.3 is 19.9 Å². The number of phenolic OH excluding ortho intramolecular Hbond substituents is 1. The molecule has 0 aromatic heterocycles. The Morgan fingerprint density at radius 3 is 2.68 bits per heavy atom. The molecule has 0 spiro atoms. The fraction of sp³-hybridized carbons (Fsp3) is 0.500. The third kappa shape index (κ3) is 6.55. The van der Waals surface area contributed by atoms with E-state index < -0.39 is 11.7 Å². The summed E-state index contributed by atoms with van der Waals surface area (Å²) in [6.45, 7) is 7.56. The number of alkyl carbamates (subject to hydrolysis) is 1. The van der Waals surface area contributed by atoms with Gasteiger partial charge in [0.05, 0.1) is 6.54 Å². The monoisotopic (exact) mass is 267 g/mol. The average Bonchev–Trinajstić information content (AvgIpc) is 2.24. The number of aromatic hydroxyl groups is 1. The van der Waals surface area contributed by atoms with Crippen LogP contribution in [0.3, 0.4) is 0 Å². The largest absolute Gasteiger partial charge is 0.508 e. The van der Waals surface area contributed by atoms with Crippen molar-refractivity contribution in [2.75, 3.05) is 6.54 Å². The normalized spacial score (nSPS) is 12.6. The number of benzene rings is 1. The number of amides is 1. The summed E-state index contributed by atoms with van der Waals surface area (Å²) < 4.78 is 10.7. The van der Waals surface area contributed by atoms with Crippen LogP contribution in [-0.4, -0.2) is 29.4 Å². The standard InChI is InChI=1S/C14H21NO4/c1-10(9-15-13(17)19-14(2,3)4)18-12-7-5-6-11(16)8-12/h5-8,10,16H,9H2,1-4H3,(H,15,17)/t10-/m1/s1. The molecule has 1 aromatic carbocycles. The molecule has 0 aliphatic rings. The van der Waals surface area contributed by atoms with Crippen molar-refractivity contribution in [1.82, 2.24) is 5.32 Å². The minimum absolute atomic E-state index is 0.143. The fourth-order valence-electron chi connectivity index (χ4n) is 1.37. The third-order valence-electron chi connectivity index (χ3n) is 2.09. The van der Waals surface area contributed by atoms with E-state index in [9.17, 15) is 9.90 Å². The minimum Gasteiger partial charge on any atom is -0.508 e. The van der Waals surface area contributed by atoms with Crippen molar-refractivity contribution in [2.45, 2.75) is 39.4 Å². The molecule has 0 saturated carbocycles. The first kappa shape index (κ1) is 15.1. The first-order chi connectivity index (χ1) is 8.76. The molecule has 19 heavy (non-hydrogen) atoms. The van der Waals surface area contributed by atoms with Gasteiger partial charge in [0.1, 0.15) is 23.2 Å². The summed E-state index contributed by atoms with van der Waals surface area (Å²) in [4.78, 5) is 11.4. The third-order valence-corrected chi connectivity index (χ3v) is 2.09. The highest BCUT2D eigenvalue weighted by Crippen LogP contribution is 2.18. The number of carbonyl (C=O) groups excluding carboxylic acids is 1. The molecule has 5 heteroatoms. The van der Waals surface area contributed by atoms with Crippen LogP contribution < -0.4 is 10.1 Å². The fourth-order valence-corrected chi connectivity index (χ4v) is 1.37. The smallest absolute Gasteiger partial charge is 0.407 e. The molecule has 106 valence electrons. The van der Waals surface area contributed by atoms with Gasteiger partial charge >= 0.3 is 6.09 Å². The lowest BCUT2D eigenvalue weighted by Gasteiger charge is -2.21. The van der Waals surface area contributed by atoms with Crippen molar-refractivity contribution in [2.24, 2.45) is 0 Å². The van der Waals surface area contributed by atoms with Crippen LogP contribution in [0.25, 0.3) is 0 Å². The molecule has 0 saturated heterocycles. The van der Waals surface area contributed by atoms with Gasteiger partial charge in [-0.3, -0.25) is 0 Å². The molecule has 0 heterocycles. The Hall–Kier alpha value is -1.91. The van der Waals surface area contributed by atoms with Gasteiger partial charge in [-0.1, -0.05) is 6.07 Å². The highest BCUT2D eigenvalue weighted by molar-refractivity contribution is 5.67. The quantitative estimate of drug-likeness (QED) is 0.880. The van der Waals surface area contributed by atoms with Crippen LogP contribution in [0.1, 0.15) is 27.7 Å². The number of hydrogen-bond acceptors (Lipinski definition) is 4. The molecule has 0 radical (unpaired) electrons. The van der Waals surface area contributed by atoms with Gasteiger partial charge in [0.2, 0.25) is 0 Å². The molecule has 0 fully saturated rings. The predicted molar refractivity (Wildman–Crippen MR) is 72.4 cm³/mol. The van der Waals surface area contributed by atoms with Crippen molar-refractivity contribution in [3.63, 3.8) is 0 Å². The first-order valence-electron chi connectivity index (χ1n) is 6.19. The zero-order valence-electron chi connectivity index (χ0n) is 11.8. The van der Waals surface area contributed by atoms with E-state index in [2.05, 4.69) is 5.32 Å². The number of hydrogen-bond donors (Lipinski definition) is 2. The molecule has 5 nitrogen and oxygen atoms in total. The van der Waals surface area contributed by atoms with Gasteiger partial charge in [-0.05, 0) is 39.8 Å². The maximum Gasteiger partial charge on any atom is 0.407 e. The van der Waals surface area contributed by atoms with E-state index in [0.717, 1.165) is 0 Å². The van der Waals surface area contributed by atoms with Gasteiger partial charge in [0, 0.05) is 6.07 Å². The van der Waals surface area contributed by atoms with Gasteiger partial charge in [0.25, 0.3) is 0 Å². The summed E-state index contributed by atoms with van der Waals surface area (Å²) in [5, 5.41) is 11.9. The summed E-state index contributed by atoms with van der Waals surface area (Å²) in [5.74, 6) is 0.697. The van der Waals surface area contributed by atoms with Crippen LogP contribution in [-0.2, 0) is 4.74 Å². The predicted octanol–water partition coefficient (Wildman–Crippen LogP) is 2.68. The van der Waals surface area contributed by atoms with Crippen molar-refractivity contribution in [1.29, 1.82) is 0 Å². The molecule has 1 aromatic rings. The average molecular weight is 267 g/mol. The molecular formula is C14H21NO4. The van der Waals surface area contributed by atoms with Crippen LogP contribution >= 0.6 is 0 Å². The van der Waals surface area contributed by atoms with E-state index in [-0.39, 0.29) is 11.9 Å². The minimum atomic E-state index is -0.514. The van der Waals surface area contributed by atoms with E-state index in [4.69, 9.17) is 9.47 Å². The maximum atomic E-state index is 11.4. The number of rotatable bonds is 4. The van der Waals surface area contributed by atoms with Crippen LogP contribution in [0, 0.1) is 0 Å². The van der Waals surface area contributed by atoms with Gasteiger partial charge in [-0.15, -0.1) is 0 Å². The summed E-state index contributed by atoms with van der Waals surface area (Å²) in [7, 11) is 0. The Kier molecular flexibility index (Phi) is 5.03. The molecule has 0 aliphatic carbocycles. The zero-order chi connectivity index (χ0) is 14.5. The summed E-state index contributed by atoms with van der Waals surface area (Å²) in [5.41, 5.74) is -0.514. The van der Waals surface area contributed by atoms with E-state index in [1.807, 2.05) is 6.92 Å². The first-order valence-corrected chi connectivity index (χ1v) is 6.19. The van der Waals surface area contributed by atoms with E-state index >= 15 is 0 Å². The lowest BCUT2D eigenvalue weighted by molar-refractivity contribution is 0.0505. The highest BCUT2D eigenvalue weighted by Gasteiger charge is 2.16. The van der Waals surface area contributed by atoms with Crippen LogP contribution in [0.5, 0.6) is 11.5 Å². The Morgan fingerprint density at radius 1 is 1.42 bits per heavy atom. The SMILES string of the molecule is C[C@H](CNC(=O)OC(C)(C)C)Oc1cccc(O)c1. The molecule has 1 rings (SSSR count). The van der Waals surface area contributed by atoms with Crippen molar-refractivity contribution < 1.29 is 19.4 Å². The van der Waals surface area contributed by atoms with E-state index in [1.165, 1.54) is 6.07 Å². The van der Waals surface area contributed by atoms with Gasteiger partial charge in [-0.2, -0.15) is 0 Å². The van der Waals surface area contributed by atoms with Crippen molar-refractivity contribution >= 4 is 6.09 Å².